The summed E-state index contributed by atoms with van der Waals surface area (Å²) in [4.78, 5) is 2.42. The van der Waals surface area contributed by atoms with E-state index in [0.29, 0.717) is 12.6 Å². The van der Waals surface area contributed by atoms with E-state index >= 15 is 0 Å². The molecular formula is C13H28N2O2. The minimum Gasteiger partial charge on any atom is -0.389 e. The Morgan fingerprint density at radius 2 is 2.12 bits per heavy atom. The van der Waals surface area contributed by atoms with Crippen LogP contribution in [0.5, 0.6) is 0 Å². The van der Waals surface area contributed by atoms with Crippen molar-refractivity contribution in [1.29, 1.82) is 0 Å². The third-order valence-corrected chi connectivity index (χ3v) is 3.84. The fraction of sp³-hybridized carbons (Fsp3) is 1.00. The van der Waals surface area contributed by atoms with Gasteiger partial charge in [-0.1, -0.05) is 0 Å². The molecule has 0 aromatic rings. The molecule has 0 aromatic carbocycles. The monoisotopic (exact) mass is 244 g/mol. The standard InChI is InChI=1S/C13H28N2O2/c1-11(12-4-5-12)15(8-9-17-3)7-6-13(2,16)10-14/h11-12,16H,4-10,14H2,1-3H3. The lowest BCUT2D eigenvalue weighted by Gasteiger charge is -2.32. The Hall–Kier alpha value is -0.160. The molecule has 1 aliphatic rings. The van der Waals surface area contributed by atoms with Gasteiger partial charge in [-0.25, -0.2) is 0 Å². The van der Waals surface area contributed by atoms with Gasteiger partial charge in [0.2, 0.25) is 0 Å². The molecule has 3 N–H and O–H groups in total. The molecular weight excluding hydrogens is 216 g/mol. The second-order valence-electron chi connectivity index (χ2n) is 5.56. The number of hydrogen-bond acceptors (Lipinski definition) is 4. The Balaban J connectivity index is 2.39. The molecule has 1 rings (SSSR count). The van der Waals surface area contributed by atoms with Crippen LogP contribution in [0, 0.1) is 5.92 Å². The molecule has 0 radical (unpaired) electrons. The third kappa shape index (κ3) is 5.34. The first-order valence-corrected chi connectivity index (χ1v) is 6.65. The van der Waals surface area contributed by atoms with Crippen LogP contribution in [0.1, 0.15) is 33.1 Å². The highest BCUT2D eigenvalue weighted by atomic mass is 16.5. The molecule has 1 aliphatic carbocycles. The summed E-state index contributed by atoms with van der Waals surface area (Å²) >= 11 is 0. The van der Waals surface area contributed by atoms with E-state index in [9.17, 15) is 5.11 Å². The second kappa shape index (κ2) is 6.69. The summed E-state index contributed by atoms with van der Waals surface area (Å²) in [5.41, 5.74) is 4.81. The molecule has 17 heavy (non-hydrogen) atoms. The molecule has 0 bridgehead atoms. The maximum atomic E-state index is 9.95. The lowest BCUT2D eigenvalue weighted by Crippen LogP contribution is -2.43. The van der Waals surface area contributed by atoms with E-state index in [1.165, 1.54) is 12.8 Å². The number of rotatable bonds is 9. The zero-order valence-electron chi connectivity index (χ0n) is 11.5. The van der Waals surface area contributed by atoms with Gasteiger partial charge in [-0.2, -0.15) is 0 Å². The summed E-state index contributed by atoms with van der Waals surface area (Å²) in [6, 6.07) is 0.596. The SMILES string of the molecule is COCCN(CCC(C)(O)CN)C(C)C1CC1. The van der Waals surface area contributed by atoms with Crippen LogP contribution >= 0.6 is 0 Å². The van der Waals surface area contributed by atoms with Crippen molar-refractivity contribution in [1.82, 2.24) is 4.90 Å². The van der Waals surface area contributed by atoms with Crippen LogP contribution in [0.2, 0.25) is 0 Å². The van der Waals surface area contributed by atoms with Gasteiger partial charge in [-0.15, -0.1) is 0 Å². The van der Waals surface area contributed by atoms with Crippen LogP contribution in [-0.2, 0) is 4.74 Å². The first-order chi connectivity index (χ1) is 8.00. The molecule has 0 heterocycles. The molecule has 4 nitrogen and oxygen atoms in total. The maximum absolute atomic E-state index is 9.95. The molecule has 0 aliphatic heterocycles. The van der Waals surface area contributed by atoms with Gasteiger partial charge in [0.25, 0.3) is 0 Å². The molecule has 2 unspecified atom stereocenters. The molecule has 1 fully saturated rings. The topological polar surface area (TPSA) is 58.7 Å². The molecule has 4 heteroatoms. The van der Waals surface area contributed by atoms with E-state index in [1.807, 2.05) is 6.92 Å². The quantitative estimate of drug-likeness (QED) is 0.631. The molecule has 0 amide bonds. The van der Waals surface area contributed by atoms with Gasteiger partial charge in [0, 0.05) is 32.8 Å². The molecule has 1 saturated carbocycles. The summed E-state index contributed by atoms with van der Waals surface area (Å²) in [5.74, 6) is 0.842. The number of aliphatic hydroxyl groups is 1. The zero-order valence-corrected chi connectivity index (χ0v) is 11.5. The van der Waals surface area contributed by atoms with Crippen LogP contribution in [0.15, 0.2) is 0 Å². The van der Waals surface area contributed by atoms with E-state index < -0.39 is 5.60 Å². The van der Waals surface area contributed by atoms with Gasteiger partial charge < -0.3 is 15.6 Å². The fourth-order valence-corrected chi connectivity index (χ4v) is 2.09. The van der Waals surface area contributed by atoms with Gasteiger partial charge in [-0.3, -0.25) is 4.90 Å². The second-order valence-corrected chi connectivity index (χ2v) is 5.56. The van der Waals surface area contributed by atoms with E-state index in [1.54, 1.807) is 7.11 Å². The van der Waals surface area contributed by atoms with Gasteiger partial charge in [0.15, 0.2) is 0 Å². The summed E-state index contributed by atoms with van der Waals surface area (Å²) in [6.07, 6.45) is 3.42. The number of nitrogens with zero attached hydrogens (tertiary/aromatic N) is 1. The minimum absolute atomic E-state index is 0.322. The Bertz CT molecular complexity index is 217. The van der Waals surface area contributed by atoms with E-state index in [-0.39, 0.29) is 0 Å². The normalized spacial score (nSPS) is 21.5. The Morgan fingerprint density at radius 3 is 2.59 bits per heavy atom. The molecule has 102 valence electrons. The van der Waals surface area contributed by atoms with E-state index in [0.717, 1.165) is 32.0 Å². The number of hydrogen-bond donors (Lipinski definition) is 2. The van der Waals surface area contributed by atoms with Crippen LogP contribution < -0.4 is 5.73 Å². The van der Waals surface area contributed by atoms with Crippen LogP contribution in [0.25, 0.3) is 0 Å². The summed E-state index contributed by atoms with van der Waals surface area (Å²) < 4.78 is 5.15. The van der Waals surface area contributed by atoms with E-state index in [2.05, 4.69) is 11.8 Å². The third-order valence-electron chi connectivity index (χ3n) is 3.84. The highest BCUT2D eigenvalue weighted by Crippen LogP contribution is 2.35. The predicted molar refractivity (Wildman–Crippen MR) is 69.9 cm³/mol. The fourth-order valence-electron chi connectivity index (χ4n) is 2.09. The van der Waals surface area contributed by atoms with Crippen molar-refractivity contribution in [3.05, 3.63) is 0 Å². The van der Waals surface area contributed by atoms with Crippen LogP contribution in [0.4, 0.5) is 0 Å². The van der Waals surface area contributed by atoms with Crippen molar-refractivity contribution >= 4 is 0 Å². The average Bonchev–Trinajstić information content (AvgIpc) is 3.12. The smallest absolute Gasteiger partial charge is 0.0753 e. The summed E-state index contributed by atoms with van der Waals surface area (Å²) in [6.45, 7) is 7.00. The van der Waals surface area contributed by atoms with Gasteiger partial charge >= 0.3 is 0 Å². The largest absolute Gasteiger partial charge is 0.389 e. The van der Waals surface area contributed by atoms with Crippen molar-refractivity contribution < 1.29 is 9.84 Å². The Labute approximate surface area is 105 Å². The zero-order chi connectivity index (χ0) is 12.9. The molecule has 2 atom stereocenters. The molecule has 0 spiro atoms. The number of methoxy groups -OCH3 is 1. The highest BCUT2D eigenvalue weighted by molar-refractivity contribution is 4.86. The lowest BCUT2D eigenvalue weighted by atomic mass is 10.0. The number of ether oxygens (including phenoxy) is 1. The molecule has 0 aromatic heterocycles. The first-order valence-electron chi connectivity index (χ1n) is 6.65. The van der Waals surface area contributed by atoms with Gasteiger partial charge in [-0.05, 0) is 39.0 Å². The average molecular weight is 244 g/mol. The summed E-state index contributed by atoms with van der Waals surface area (Å²) in [5, 5.41) is 9.95. The van der Waals surface area contributed by atoms with Crippen molar-refractivity contribution in [2.24, 2.45) is 11.7 Å². The predicted octanol–water partition coefficient (Wildman–Crippen LogP) is 0.833. The van der Waals surface area contributed by atoms with Crippen molar-refractivity contribution in [2.75, 3.05) is 33.4 Å². The Kier molecular flexibility index (Phi) is 5.86. The van der Waals surface area contributed by atoms with Crippen molar-refractivity contribution in [3.63, 3.8) is 0 Å². The first kappa shape index (κ1) is 14.9. The van der Waals surface area contributed by atoms with Crippen molar-refractivity contribution in [2.45, 2.75) is 44.8 Å². The minimum atomic E-state index is -0.741. The summed E-state index contributed by atoms with van der Waals surface area (Å²) in [7, 11) is 1.73. The van der Waals surface area contributed by atoms with Crippen LogP contribution in [0.3, 0.4) is 0 Å². The van der Waals surface area contributed by atoms with Gasteiger partial charge in [0.05, 0.1) is 12.2 Å². The Morgan fingerprint density at radius 1 is 1.47 bits per heavy atom. The van der Waals surface area contributed by atoms with Crippen LogP contribution in [-0.4, -0.2) is 55.0 Å². The number of nitrogens with two attached hydrogens (primary N) is 1. The van der Waals surface area contributed by atoms with E-state index in [4.69, 9.17) is 10.5 Å². The highest BCUT2D eigenvalue weighted by Gasteiger charge is 2.32. The molecule has 0 saturated heterocycles. The lowest BCUT2D eigenvalue weighted by molar-refractivity contribution is 0.0351. The van der Waals surface area contributed by atoms with Gasteiger partial charge in [0.1, 0.15) is 0 Å². The van der Waals surface area contributed by atoms with Crippen molar-refractivity contribution in [3.8, 4) is 0 Å². The maximum Gasteiger partial charge on any atom is 0.0753 e.